The zero-order chi connectivity index (χ0) is 16.3. The molecule has 2 atom stereocenters. The molecule has 0 aromatic heterocycles. The van der Waals surface area contributed by atoms with E-state index in [2.05, 4.69) is 0 Å². The van der Waals surface area contributed by atoms with Crippen LogP contribution in [0.25, 0.3) is 0 Å². The van der Waals surface area contributed by atoms with E-state index in [0.717, 1.165) is 6.42 Å². The Morgan fingerprint density at radius 2 is 1.70 bits per heavy atom. The van der Waals surface area contributed by atoms with Crippen LogP contribution in [0.1, 0.15) is 48.0 Å². The van der Waals surface area contributed by atoms with Crippen molar-refractivity contribution in [3.8, 4) is 0 Å². The topological polar surface area (TPSA) is 32.3 Å². The van der Waals surface area contributed by atoms with E-state index in [4.69, 9.17) is 0 Å². The number of nitrogens with one attached hydrogen (secondary N) is 1. The monoisotopic (exact) mass is 298 g/mol. The first-order valence-electron chi connectivity index (χ1n) is 7.43. The molecule has 1 aliphatic heterocycles. The SMILES string of the molecule is CC.CC.CCC1CN(C(=O)NCC(F)(F)F)CC1C. The highest BCUT2D eigenvalue weighted by Crippen LogP contribution is 2.25. The van der Waals surface area contributed by atoms with Crippen LogP contribution in [0.3, 0.4) is 0 Å². The molecule has 1 N–H and O–H groups in total. The van der Waals surface area contributed by atoms with Crippen LogP contribution < -0.4 is 5.32 Å². The third-order valence-corrected chi connectivity index (χ3v) is 3.02. The number of halogens is 3. The highest BCUT2D eigenvalue weighted by molar-refractivity contribution is 5.74. The molecule has 2 unspecified atom stereocenters. The van der Waals surface area contributed by atoms with Crippen LogP contribution in [0.2, 0.25) is 0 Å². The summed E-state index contributed by atoms with van der Waals surface area (Å²) >= 11 is 0. The van der Waals surface area contributed by atoms with Gasteiger partial charge in [-0.05, 0) is 11.8 Å². The van der Waals surface area contributed by atoms with E-state index < -0.39 is 18.8 Å². The molecule has 0 radical (unpaired) electrons. The maximum Gasteiger partial charge on any atom is 0.405 e. The van der Waals surface area contributed by atoms with Gasteiger partial charge in [0.1, 0.15) is 6.54 Å². The van der Waals surface area contributed by atoms with E-state index in [1.54, 1.807) is 0 Å². The number of alkyl halides is 3. The molecule has 3 nitrogen and oxygen atoms in total. The van der Waals surface area contributed by atoms with E-state index >= 15 is 0 Å². The number of urea groups is 1. The highest BCUT2D eigenvalue weighted by Gasteiger charge is 2.33. The molecule has 2 amide bonds. The lowest BCUT2D eigenvalue weighted by Crippen LogP contribution is -2.42. The van der Waals surface area contributed by atoms with Crippen molar-refractivity contribution in [2.45, 2.75) is 54.1 Å². The lowest BCUT2D eigenvalue weighted by atomic mass is 9.96. The molecule has 1 aliphatic rings. The Bertz CT molecular complexity index is 257. The molecule has 0 bridgehead atoms. The lowest BCUT2D eigenvalue weighted by molar-refractivity contribution is -0.123. The number of carbonyl (C=O) groups is 1. The summed E-state index contributed by atoms with van der Waals surface area (Å²) in [5, 5.41) is 1.89. The number of nitrogens with zero attached hydrogens (tertiary/aromatic N) is 1. The number of rotatable bonds is 2. The minimum atomic E-state index is -4.34. The third kappa shape index (κ3) is 8.27. The number of amides is 2. The molecular formula is C14H29F3N2O. The van der Waals surface area contributed by atoms with Crippen molar-refractivity contribution in [3.05, 3.63) is 0 Å². The number of carbonyl (C=O) groups excluding carboxylic acids is 1. The van der Waals surface area contributed by atoms with E-state index in [0.29, 0.717) is 24.9 Å². The average Bonchev–Trinajstić information content (AvgIpc) is 2.81. The summed E-state index contributed by atoms with van der Waals surface area (Å²) in [6.45, 7) is 11.9. The van der Waals surface area contributed by atoms with Crippen molar-refractivity contribution >= 4 is 6.03 Å². The Labute approximate surface area is 120 Å². The lowest BCUT2D eigenvalue weighted by Gasteiger charge is -2.17. The molecule has 0 saturated carbocycles. The fourth-order valence-corrected chi connectivity index (χ4v) is 2.02. The smallest absolute Gasteiger partial charge is 0.329 e. The summed E-state index contributed by atoms with van der Waals surface area (Å²) in [5.41, 5.74) is 0. The molecule has 1 rings (SSSR count). The highest BCUT2D eigenvalue weighted by atomic mass is 19.4. The summed E-state index contributed by atoms with van der Waals surface area (Å²) in [7, 11) is 0. The standard InChI is InChI=1S/C10H17F3N2O.2C2H6/c1-3-8-5-15(4-7(8)2)9(16)14-6-10(11,12)13;2*1-2/h7-8H,3-6H2,1-2H3,(H,14,16);2*1-2H3. The Balaban J connectivity index is 0. The normalized spacial score (nSPS) is 21.4. The van der Waals surface area contributed by atoms with Crippen molar-refractivity contribution in [1.82, 2.24) is 10.2 Å². The van der Waals surface area contributed by atoms with Gasteiger partial charge in [-0.3, -0.25) is 0 Å². The van der Waals surface area contributed by atoms with Gasteiger partial charge in [0.05, 0.1) is 0 Å². The maximum atomic E-state index is 11.9. The van der Waals surface area contributed by atoms with Gasteiger partial charge in [0, 0.05) is 13.1 Å². The van der Waals surface area contributed by atoms with Gasteiger partial charge in [-0.15, -0.1) is 0 Å². The summed E-state index contributed by atoms with van der Waals surface area (Å²) in [6.07, 6.45) is -3.39. The van der Waals surface area contributed by atoms with Crippen molar-refractivity contribution < 1.29 is 18.0 Å². The zero-order valence-corrected chi connectivity index (χ0v) is 13.5. The molecule has 0 aliphatic carbocycles. The van der Waals surface area contributed by atoms with Crippen LogP contribution in [0, 0.1) is 11.8 Å². The van der Waals surface area contributed by atoms with Crippen molar-refractivity contribution in [1.29, 1.82) is 0 Å². The minimum Gasteiger partial charge on any atom is -0.329 e. The number of hydrogen-bond acceptors (Lipinski definition) is 1. The van der Waals surface area contributed by atoms with Crippen LogP contribution in [0.15, 0.2) is 0 Å². The van der Waals surface area contributed by atoms with Crippen molar-refractivity contribution in [2.24, 2.45) is 11.8 Å². The third-order valence-electron chi connectivity index (χ3n) is 3.02. The second kappa shape index (κ2) is 10.8. The summed E-state index contributed by atoms with van der Waals surface area (Å²) in [4.78, 5) is 12.9. The molecule has 122 valence electrons. The average molecular weight is 298 g/mol. The number of likely N-dealkylation sites (tertiary alicyclic amines) is 1. The maximum absolute atomic E-state index is 11.9. The van der Waals surface area contributed by atoms with Gasteiger partial charge < -0.3 is 10.2 Å². The van der Waals surface area contributed by atoms with E-state index in [1.165, 1.54) is 4.90 Å². The molecule has 0 aromatic rings. The van der Waals surface area contributed by atoms with Gasteiger partial charge in [0.2, 0.25) is 0 Å². The Morgan fingerprint density at radius 1 is 1.20 bits per heavy atom. The largest absolute Gasteiger partial charge is 0.405 e. The summed E-state index contributed by atoms with van der Waals surface area (Å²) in [6, 6.07) is -0.611. The second-order valence-electron chi connectivity index (χ2n) is 4.32. The van der Waals surface area contributed by atoms with Gasteiger partial charge in [-0.1, -0.05) is 48.0 Å². The summed E-state index contributed by atoms with van der Waals surface area (Å²) < 4.78 is 35.7. The molecule has 0 spiro atoms. The van der Waals surface area contributed by atoms with Crippen LogP contribution in [0.4, 0.5) is 18.0 Å². The predicted molar refractivity (Wildman–Crippen MR) is 76.7 cm³/mol. The molecule has 1 heterocycles. The van der Waals surface area contributed by atoms with Crippen LogP contribution >= 0.6 is 0 Å². The fraction of sp³-hybridized carbons (Fsp3) is 0.929. The fourth-order valence-electron chi connectivity index (χ4n) is 2.02. The second-order valence-corrected chi connectivity index (χ2v) is 4.32. The van der Waals surface area contributed by atoms with Crippen LogP contribution in [-0.2, 0) is 0 Å². The Hall–Kier alpha value is -0.940. The van der Waals surface area contributed by atoms with Gasteiger partial charge in [-0.2, -0.15) is 13.2 Å². The first kappa shape index (κ1) is 21.4. The molecule has 0 aromatic carbocycles. The van der Waals surface area contributed by atoms with Crippen LogP contribution in [-0.4, -0.2) is 36.7 Å². The Kier molecular flexibility index (Phi) is 11.5. The summed E-state index contributed by atoms with van der Waals surface area (Å²) in [5.74, 6) is 0.762. The van der Waals surface area contributed by atoms with Gasteiger partial charge in [0.15, 0.2) is 0 Å². The van der Waals surface area contributed by atoms with E-state index in [-0.39, 0.29) is 0 Å². The molecule has 6 heteroatoms. The van der Waals surface area contributed by atoms with Crippen molar-refractivity contribution in [3.63, 3.8) is 0 Å². The van der Waals surface area contributed by atoms with E-state index in [1.807, 2.05) is 46.9 Å². The predicted octanol–water partition coefficient (Wildman–Crippen LogP) is 4.29. The van der Waals surface area contributed by atoms with Crippen molar-refractivity contribution in [2.75, 3.05) is 19.6 Å². The minimum absolute atomic E-state index is 0.363. The number of hydrogen-bond donors (Lipinski definition) is 1. The zero-order valence-electron chi connectivity index (χ0n) is 13.5. The van der Waals surface area contributed by atoms with Crippen LogP contribution in [0.5, 0.6) is 0 Å². The van der Waals surface area contributed by atoms with Gasteiger partial charge in [0.25, 0.3) is 0 Å². The molecule has 1 fully saturated rings. The quantitative estimate of drug-likeness (QED) is 0.810. The molecule has 1 saturated heterocycles. The van der Waals surface area contributed by atoms with Gasteiger partial charge >= 0.3 is 12.2 Å². The van der Waals surface area contributed by atoms with E-state index in [9.17, 15) is 18.0 Å². The van der Waals surface area contributed by atoms with Gasteiger partial charge in [-0.25, -0.2) is 4.79 Å². The first-order chi connectivity index (χ1) is 9.33. The Morgan fingerprint density at radius 3 is 2.05 bits per heavy atom. The molecular weight excluding hydrogens is 269 g/mol. The first-order valence-corrected chi connectivity index (χ1v) is 7.43. The molecule has 20 heavy (non-hydrogen) atoms.